The zero-order valence-electron chi connectivity index (χ0n) is 8.69. The Kier molecular flexibility index (Phi) is 3.94. The number of benzene rings is 1. The number of halogens is 7. The largest absolute Gasteiger partial charge is 0.417 e. The average molecular weight is 305 g/mol. The summed E-state index contributed by atoms with van der Waals surface area (Å²) in [5.74, 6) is 0. The van der Waals surface area contributed by atoms with Crippen LogP contribution >= 0.6 is 11.6 Å². The summed E-state index contributed by atoms with van der Waals surface area (Å²) in [6.07, 6.45) is -11.2. The Morgan fingerprint density at radius 1 is 1.05 bits per heavy atom. The molecule has 104 valence electrons. The van der Waals surface area contributed by atoms with Gasteiger partial charge in [-0.2, -0.15) is 26.3 Å². The molecule has 0 heterocycles. The minimum absolute atomic E-state index is 0.0366. The van der Waals surface area contributed by atoms with Crippen LogP contribution in [0.25, 0.3) is 0 Å². The summed E-state index contributed by atoms with van der Waals surface area (Å²) >= 11 is 4.92. The van der Waals surface area contributed by atoms with E-state index in [-0.39, 0.29) is 6.07 Å². The summed E-state index contributed by atoms with van der Waals surface area (Å²) in [4.78, 5) is 21.3. The third kappa shape index (κ3) is 3.25. The van der Waals surface area contributed by atoms with Crippen molar-refractivity contribution in [1.82, 2.24) is 0 Å². The molecule has 2 nitrogen and oxygen atoms in total. The van der Waals surface area contributed by atoms with Crippen molar-refractivity contribution < 1.29 is 35.9 Å². The third-order valence-corrected chi connectivity index (χ3v) is 2.33. The predicted molar refractivity (Wildman–Crippen MR) is 52.0 cm³/mol. The van der Waals surface area contributed by atoms with Crippen molar-refractivity contribution >= 4 is 23.1 Å². The van der Waals surface area contributed by atoms with E-state index in [1.807, 2.05) is 0 Å². The lowest BCUT2D eigenvalue weighted by atomic mass is 9.97. The van der Waals surface area contributed by atoms with Crippen LogP contribution in [0.5, 0.6) is 0 Å². The number of hydrogen-bond acceptors (Lipinski definition) is 2. The van der Waals surface area contributed by atoms with Gasteiger partial charge in [-0.25, -0.2) is 0 Å². The van der Waals surface area contributed by atoms with Gasteiger partial charge in [0.15, 0.2) is 6.29 Å². The summed E-state index contributed by atoms with van der Waals surface area (Å²) < 4.78 is 75.5. The van der Waals surface area contributed by atoms with Gasteiger partial charge >= 0.3 is 12.4 Å². The molecule has 0 saturated carbocycles. The summed E-state index contributed by atoms with van der Waals surface area (Å²) in [6, 6.07) is 0.325. The number of aldehydes is 1. The highest BCUT2D eigenvalue weighted by Crippen LogP contribution is 2.42. The quantitative estimate of drug-likeness (QED) is 0.471. The van der Waals surface area contributed by atoms with Crippen LogP contribution < -0.4 is 0 Å². The smallest absolute Gasteiger partial charge is 0.298 e. The van der Waals surface area contributed by atoms with Gasteiger partial charge in [0.05, 0.1) is 11.1 Å². The van der Waals surface area contributed by atoms with Gasteiger partial charge in [0.1, 0.15) is 0 Å². The Labute approximate surface area is 107 Å². The SMILES string of the molecule is O=Cc1cc(C(=O)Cl)cc(C(F)(F)F)c1C(F)(F)F. The molecule has 0 aliphatic heterocycles. The fourth-order valence-electron chi connectivity index (χ4n) is 1.41. The van der Waals surface area contributed by atoms with Gasteiger partial charge in [0.2, 0.25) is 0 Å². The Bertz CT molecular complexity index is 532. The van der Waals surface area contributed by atoms with Crippen molar-refractivity contribution in [2.45, 2.75) is 12.4 Å². The molecule has 0 aromatic heterocycles. The van der Waals surface area contributed by atoms with Crippen molar-refractivity contribution in [2.24, 2.45) is 0 Å². The molecule has 1 aromatic carbocycles. The molecule has 0 aliphatic rings. The topological polar surface area (TPSA) is 34.1 Å². The van der Waals surface area contributed by atoms with Crippen molar-refractivity contribution in [3.8, 4) is 0 Å². The summed E-state index contributed by atoms with van der Waals surface area (Å²) in [5, 5.41) is -1.40. The number of alkyl halides is 6. The fraction of sp³-hybridized carbons (Fsp3) is 0.200. The lowest BCUT2D eigenvalue weighted by molar-refractivity contribution is -0.162. The minimum atomic E-state index is -5.39. The minimum Gasteiger partial charge on any atom is -0.298 e. The summed E-state index contributed by atoms with van der Waals surface area (Å²) in [5.41, 5.74) is -6.42. The van der Waals surface area contributed by atoms with Crippen LogP contribution in [0.1, 0.15) is 31.8 Å². The Balaban J connectivity index is 3.78. The molecule has 0 bridgehead atoms. The molecular weight excluding hydrogens is 302 g/mol. The normalized spacial score (nSPS) is 12.4. The highest BCUT2D eigenvalue weighted by molar-refractivity contribution is 6.67. The maximum absolute atomic E-state index is 12.6. The summed E-state index contributed by atoms with van der Waals surface area (Å²) in [6.45, 7) is 0. The van der Waals surface area contributed by atoms with Gasteiger partial charge in [-0.1, -0.05) is 0 Å². The summed E-state index contributed by atoms with van der Waals surface area (Å²) in [7, 11) is 0. The highest BCUT2D eigenvalue weighted by Gasteiger charge is 2.45. The molecular formula is C10H3ClF6O2. The van der Waals surface area contributed by atoms with Crippen LogP contribution in [0.3, 0.4) is 0 Å². The van der Waals surface area contributed by atoms with Crippen LogP contribution in [-0.2, 0) is 12.4 Å². The standard InChI is InChI=1S/C10H3ClF6O2/c11-8(19)4-1-5(3-18)7(10(15,16)17)6(2-4)9(12,13)14/h1-3H. The molecule has 1 aromatic rings. The second-order valence-electron chi connectivity index (χ2n) is 3.38. The lowest BCUT2D eigenvalue weighted by Gasteiger charge is -2.17. The Morgan fingerprint density at radius 2 is 1.58 bits per heavy atom. The zero-order chi connectivity index (χ0) is 15.0. The molecule has 0 spiro atoms. The van der Waals surface area contributed by atoms with E-state index in [2.05, 4.69) is 0 Å². The number of carbonyl (C=O) groups is 2. The second kappa shape index (κ2) is 4.84. The van der Waals surface area contributed by atoms with Gasteiger partial charge in [-0.3, -0.25) is 9.59 Å². The molecule has 0 N–H and O–H groups in total. The van der Waals surface area contributed by atoms with E-state index < -0.39 is 46.1 Å². The second-order valence-corrected chi connectivity index (χ2v) is 3.72. The van der Waals surface area contributed by atoms with E-state index >= 15 is 0 Å². The van der Waals surface area contributed by atoms with Crippen LogP contribution in [0.15, 0.2) is 12.1 Å². The molecule has 0 aliphatic carbocycles. The molecule has 9 heteroatoms. The van der Waals surface area contributed by atoms with E-state index in [4.69, 9.17) is 11.6 Å². The Morgan fingerprint density at radius 3 is 1.89 bits per heavy atom. The molecule has 0 atom stereocenters. The van der Waals surface area contributed by atoms with E-state index in [9.17, 15) is 35.9 Å². The van der Waals surface area contributed by atoms with Gasteiger partial charge in [-0.05, 0) is 23.7 Å². The number of carbonyl (C=O) groups excluding carboxylic acids is 2. The van der Waals surface area contributed by atoms with Crippen molar-refractivity contribution in [3.05, 3.63) is 34.4 Å². The number of rotatable bonds is 2. The predicted octanol–water partition coefficient (Wildman–Crippen LogP) is 3.92. The van der Waals surface area contributed by atoms with Gasteiger partial charge in [0.25, 0.3) is 5.24 Å². The van der Waals surface area contributed by atoms with Crippen LogP contribution in [0, 0.1) is 0 Å². The van der Waals surface area contributed by atoms with E-state index in [1.165, 1.54) is 0 Å². The number of hydrogen-bond donors (Lipinski definition) is 0. The van der Waals surface area contributed by atoms with Crippen molar-refractivity contribution in [1.29, 1.82) is 0 Å². The van der Waals surface area contributed by atoms with E-state index in [0.29, 0.717) is 6.07 Å². The fourth-order valence-corrected chi connectivity index (χ4v) is 1.52. The Hall–Kier alpha value is -1.57. The van der Waals surface area contributed by atoms with Crippen molar-refractivity contribution in [3.63, 3.8) is 0 Å². The van der Waals surface area contributed by atoms with Crippen molar-refractivity contribution in [2.75, 3.05) is 0 Å². The van der Waals surface area contributed by atoms with Crippen LogP contribution in [0.2, 0.25) is 0 Å². The molecule has 19 heavy (non-hydrogen) atoms. The van der Waals surface area contributed by atoms with Gasteiger partial charge in [-0.15, -0.1) is 0 Å². The van der Waals surface area contributed by atoms with Gasteiger partial charge in [0, 0.05) is 11.1 Å². The maximum atomic E-state index is 12.6. The zero-order valence-corrected chi connectivity index (χ0v) is 9.45. The monoisotopic (exact) mass is 304 g/mol. The molecule has 0 fully saturated rings. The lowest BCUT2D eigenvalue weighted by Crippen LogP contribution is -2.20. The molecule has 0 saturated heterocycles. The first-order valence-electron chi connectivity index (χ1n) is 4.46. The highest BCUT2D eigenvalue weighted by atomic mass is 35.5. The van der Waals surface area contributed by atoms with Gasteiger partial charge < -0.3 is 0 Å². The van der Waals surface area contributed by atoms with Crippen LogP contribution in [-0.4, -0.2) is 11.5 Å². The average Bonchev–Trinajstić information content (AvgIpc) is 2.24. The molecule has 0 radical (unpaired) electrons. The first kappa shape index (κ1) is 15.5. The van der Waals surface area contributed by atoms with E-state index in [1.54, 1.807) is 0 Å². The van der Waals surface area contributed by atoms with E-state index in [0.717, 1.165) is 0 Å². The first-order chi connectivity index (χ1) is 8.48. The molecule has 1 rings (SSSR count). The first-order valence-corrected chi connectivity index (χ1v) is 4.83. The maximum Gasteiger partial charge on any atom is 0.417 e. The third-order valence-electron chi connectivity index (χ3n) is 2.11. The molecule has 0 unspecified atom stereocenters. The van der Waals surface area contributed by atoms with Crippen LogP contribution in [0.4, 0.5) is 26.3 Å². The molecule has 0 amide bonds.